The minimum Gasteiger partial charge on any atom is -0.362 e. The topological polar surface area (TPSA) is 24.1 Å². The van der Waals surface area contributed by atoms with Crippen molar-refractivity contribution < 1.29 is 13.2 Å². The third-order valence-electron chi connectivity index (χ3n) is 3.52. The van der Waals surface area contributed by atoms with Crippen molar-refractivity contribution in [3.05, 3.63) is 65.2 Å². The number of halogens is 3. The number of aryl methyl sites for hydroxylation is 2. The lowest BCUT2D eigenvalue weighted by Gasteiger charge is -2.12. The first-order valence-electron chi connectivity index (χ1n) is 7.62. The molecule has 0 heterocycles. The number of thiocarbonyl (C=S) groups is 1. The summed E-state index contributed by atoms with van der Waals surface area (Å²) in [5.41, 5.74) is 2.35. The summed E-state index contributed by atoms with van der Waals surface area (Å²) < 4.78 is 37.5. The molecule has 128 valence electrons. The lowest BCUT2D eigenvalue weighted by molar-refractivity contribution is -0.137. The highest BCUT2D eigenvalue weighted by Crippen LogP contribution is 2.29. The van der Waals surface area contributed by atoms with E-state index in [1.54, 1.807) is 0 Å². The van der Waals surface area contributed by atoms with Crippen LogP contribution < -0.4 is 10.6 Å². The predicted molar refractivity (Wildman–Crippen MR) is 95.2 cm³/mol. The van der Waals surface area contributed by atoms with E-state index in [0.29, 0.717) is 17.3 Å². The van der Waals surface area contributed by atoms with Crippen molar-refractivity contribution in [2.75, 3.05) is 11.9 Å². The van der Waals surface area contributed by atoms with Crippen molar-refractivity contribution in [1.82, 2.24) is 5.32 Å². The summed E-state index contributed by atoms with van der Waals surface area (Å²) in [6.45, 7) is 2.75. The quantitative estimate of drug-likeness (QED) is 0.589. The third kappa shape index (κ3) is 5.85. The molecule has 2 rings (SSSR count). The highest BCUT2D eigenvalue weighted by Gasteiger charge is 2.29. The summed E-state index contributed by atoms with van der Waals surface area (Å²) in [6.07, 6.45) is -2.47. The molecule has 0 saturated carbocycles. The minimum atomic E-state index is -4.33. The van der Waals surface area contributed by atoms with Gasteiger partial charge in [-0.15, -0.1) is 0 Å². The van der Waals surface area contributed by atoms with Crippen molar-refractivity contribution >= 4 is 23.0 Å². The number of nitrogens with one attached hydrogen (secondary N) is 2. The zero-order chi connectivity index (χ0) is 17.6. The van der Waals surface area contributed by atoms with Crippen molar-refractivity contribution in [3.63, 3.8) is 0 Å². The van der Waals surface area contributed by atoms with Gasteiger partial charge in [0.15, 0.2) is 5.11 Å². The first-order chi connectivity index (χ1) is 11.3. The standard InChI is InChI=1S/C18H19F3N2S/c1-13-4-6-14(7-5-13)3-2-12-22-17(24)23-16-10-8-15(9-11-16)18(19,20)21/h4-11H,2-3,12H2,1H3,(H2,22,23,24). The monoisotopic (exact) mass is 352 g/mol. The van der Waals surface area contributed by atoms with Gasteiger partial charge >= 0.3 is 6.18 Å². The van der Waals surface area contributed by atoms with Crippen molar-refractivity contribution in [2.45, 2.75) is 25.9 Å². The second kappa shape index (κ2) is 8.15. The Bertz CT molecular complexity index is 664. The van der Waals surface area contributed by atoms with E-state index in [9.17, 15) is 13.2 Å². The van der Waals surface area contributed by atoms with Gasteiger partial charge in [-0.1, -0.05) is 29.8 Å². The number of hydrogen-bond donors (Lipinski definition) is 2. The number of anilines is 1. The molecule has 2 nitrogen and oxygen atoms in total. The fraction of sp³-hybridized carbons (Fsp3) is 0.278. The Morgan fingerprint density at radius 2 is 1.62 bits per heavy atom. The Morgan fingerprint density at radius 3 is 2.21 bits per heavy atom. The van der Waals surface area contributed by atoms with E-state index in [1.807, 2.05) is 0 Å². The van der Waals surface area contributed by atoms with Gasteiger partial charge in [0.2, 0.25) is 0 Å². The zero-order valence-corrected chi connectivity index (χ0v) is 14.1. The van der Waals surface area contributed by atoms with Crippen LogP contribution in [0.5, 0.6) is 0 Å². The van der Waals surface area contributed by atoms with Crippen LogP contribution in [0.25, 0.3) is 0 Å². The molecule has 6 heteroatoms. The van der Waals surface area contributed by atoms with Crippen LogP contribution in [0.4, 0.5) is 18.9 Å². The first-order valence-corrected chi connectivity index (χ1v) is 8.03. The van der Waals surface area contributed by atoms with Crippen LogP contribution >= 0.6 is 12.2 Å². The fourth-order valence-corrected chi connectivity index (χ4v) is 2.39. The summed E-state index contributed by atoms with van der Waals surface area (Å²) in [5, 5.41) is 6.34. The zero-order valence-electron chi connectivity index (χ0n) is 13.3. The smallest absolute Gasteiger partial charge is 0.362 e. The molecule has 0 saturated heterocycles. The SMILES string of the molecule is Cc1ccc(CCCNC(=S)Nc2ccc(C(F)(F)F)cc2)cc1. The van der Waals surface area contributed by atoms with Gasteiger partial charge in [0, 0.05) is 12.2 Å². The number of alkyl halides is 3. The molecule has 2 aromatic carbocycles. The second-order valence-electron chi connectivity index (χ2n) is 5.55. The van der Waals surface area contributed by atoms with Gasteiger partial charge in [0.25, 0.3) is 0 Å². The normalized spacial score (nSPS) is 11.2. The molecule has 0 aromatic heterocycles. The van der Waals surface area contributed by atoms with Crippen molar-refractivity contribution in [3.8, 4) is 0 Å². The van der Waals surface area contributed by atoms with Crippen LogP contribution in [-0.2, 0) is 12.6 Å². The van der Waals surface area contributed by atoms with Gasteiger partial charge < -0.3 is 10.6 Å². The maximum absolute atomic E-state index is 12.5. The average molecular weight is 352 g/mol. The van der Waals surface area contributed by atoms with Crippen LogP contribution in [0.2, 0.25) is 0 Å². The summed E-state index contributed by atoms with van der Waals surface area (Å²) in [6, 6.07) is 13.2. The molecule has 0 bridgehead atoms. The third-order valence-corrected chi connectivity index (χ3v) is 3.76. The van der Waals surface area contributed by atoms with Gasteiger partial charge in [-0.3, -0.25) is 0 Å². The minimum absolute atomic E-state index is 0.402. The van der Waals surface area contributed by atoms with Crippen molar-refractivity contribution in [1.29, 1.82) is 0 Å². The molecule has 2 N–H and O–H groups in total. The maximum atomic E-state index is 12.5. The molecule has 0 amide bonds. The molecule has 2 aromatic rings. The molecule has 0 aliphatic heterocycles. The van der Waals surface area contributed by atoms with E-state index in [4.69, 9.17) is 12.2 Å². The van der Waals surface area contributed by atoms with Crippen molar-refractivity contribution in [2.24, 2.45) is 0 Å². The van der Waals surface area contributed by atoms with Gasteiger partial charge in [-0.2, -0.15) is 13.2 Å². The van der Waals surface area contributed by atoms with E-state index in [2.05, 4.69) is 41.8 Å². The summed E-state index contributed by atoms with van der Waals surface area (Å²) in [7, 11) is 0. The van der Waals surface area contributed by atoms with Gasteiger partial charge in [-0.25, -0.2) is 0 Å². The first kappa shape index (κ1) is 18.3. The van der Waals surface area contributed by atoms with Gasteiger partial charge in [-0.05, 0) is 61.8 Å². The predicted octanol–water partition coefficient (Wildman–Crippen LogP) is 4.93. The van der Waals surface area contributed by atoms with Crippen LogP contribution in [-0.4, -0.2) is 11.7 Å². The largest absolute Gasteiger partial charge is 0.416 e. The van der Waals surface area contributed by atoms with Gasteiger partial charge in [0.05, 0.1) is 5.56 Å². The highest BCUT2D eigenvalue weighted by molar-refractivity contribution is 7.80. The molecular weight excluding hydrogens is 333 g/mol. The average Bonchev–Trinajstić information content (AvgIpc) is 2.53. The van der Waals surface area contributed by atoms with E-state index in [1.165, 1.54) is 23.3 Å². The molecule has 0 aliphatic carbocycles. The highest BCUT2D eigenvalue weighted by atomic mass is 32.1. The summed E-state index contributed by atoms with van der Waals surface area (Å²) >= 11 is 5.15. The molecule has 0 unspecified atom stereocenters. The van der Waals surface area contributed by atoms with E-state index in [-0.39, 0.29) is 0 Å². The number of hydrogen-bond acceptors (Lipinski definition) is 1. The van der Waals surface area contributed by atoms with E-state index >= 15 is 0 Å². The molecule has 0 radical (unpaired) electrons. The summed E-state index contributed by atoms with van der Waals surface area (Å²) in [5.74, 6) is 0. The lowest BCUT2D eigenvalue weighted by Crippen LogP contribution is -2.29. The van der Waals surface area contributed by atoms with E-state index < -0.39 is 11.7 Å². The Balaban J connectivity index is 1.72. The lowest BCUT2D eigenvalue weighted by atomic mass is 10.1. The molecule has 24 heavy (non-hydrogen) atoms. The Labute approximate surface area is 145 Å². The number of rotatable bonds is 5. The molecule has 0 aliphatic rings. The maximum Gasteiger partial charge on any atom is 0.416 e. The Hall–Kier alpha value is -2.08. The van der Waals surface area contributed by atoms with Gasteiger partial charge in [0.1, 0.15) is 0 Å². The van der Waals surface area contributed by atoms with E-state index in [0.717, 1.165) is 25.0 Å². The van der Waals surface area contributed by atoms with Crippen LogP contribution in [0.3, 0.4) is 0 Å². The summed E-state index contributed by atoms with van der Waals surface area (Å²) in [4.78, 5) is 0. The van der Waals surface area contributed by atoms with Crippen LogP contribution in [0.1, 0.15) is 23.1 Å². The second-order valence-corrected chi connectivity index (χ2v) is 5.95. The molecule has 0 atom stereocenters. The molecule has 0 spiro atoms. The van der Waals surface area contributed by atoms with Crippen LogP contribution in [0.15, 0.2) is 48.5 Å². The molecule has 0 fully saturated rings. The fourth-order valence-electron chi connectivity index (χ4n) is 2.17. The Kier molecular flexibility index (Phi) is 6.20. The molecular formula is C18H19F3N2S. The number of benzene rings is 2. The Morgan fingerprint density at radius 1 is 1.00 bits per heavy atom. The van der Waals surface area contributed by atoms with Crippen LogP contribution in [0, 0.1) is 6.92 Å².